The van der Waals surface area contributed by atoms with Gasteiger partial charge in [0.1, 0.15) is 0 Å². The molecule has 4 nitrogen and oxygen atoms in total. The maximum Gasteiger partial charge on any atom is 0.328 e. The molecule has 0 spiro atoms. The molecule has 2 rings (SSSR count). The number of carbonyl (C=O) groups excluding carboxylic acids is 1. The fourth-order valence-electron chi connectivity index (χ4n) is 2.03. The zero-order valence-electron chi connectivity index (χ0n) is 13.9. The summed E-state index contributed by atoms with van der Waals surface area (Å²) >= 11 is 7.31. The van der Waals surface area contributed by atoms with Crippen molar-refractivity contribution in [2.24, 2.45) is 0 Å². The molecule has 0 aliphatic heterocycles. The van der Waals surface area contributed by atoms with E-state index in [1.165, 1.54) is 30.0 Å². The van der Waals surface area contributed by atoms with Gasteiger partial charge in [0, 0.05) is 40.1 Å². The monoisotopic (exact) mass is 415 g/mol. The van der Waals surface area contributed by atoms with Crippen molar-refractivity contribution in [3.05, 3.63) is 70.0 Å². The number of carboxylic acid groups (broad SMARTS) is 1. The normalized spacial score (nSPS) is 11.4. The van der Waals surface area contributed by atoms with E-state index in [9.17, 15) is 22.8 Å². The molecule has 0 heterocycles. The van der Waals surface area contributed by atoms with Crippen molar-refractivity contribution in [3.8, 4) is 0 Å². The molecule has 2 aromatic carbocycles. The van der Waals surface area contributed by atoms with Crippen LogP contribution < -0.4 is 5.32 Å². The molecule has 27 heavy (non-hydrogen) atoms. The van der Waals surface area contributed by atoms with Crippen LogP contribution in [0.25, 0.3) is 0 Å². The molecular formula is C18H13ClF3NO3S. The van der Waals surface area contributed by atoms with Crippen molar-refractivity contribution < 1.29 is 27.9 Å². The molecule has 0 aromatic heterocycles. The lowest BCUT2D eigenvalue weighted by Crippen LogP contribution is -2.12. The third-order valence-electron chi connectivity index (χ3n) is 3.26. The van der Waals surface area contributed by atoms with Crippen LogP contribution in [0.2, 0.25) is 5.02 Å². The average Bonchev–Trinajstić information content (AvgIpc) is 2.58. The smallest absolute Gasteiger partial charge is 0.328 e. The van der Waals surface area contributed by atoms with Crippen LogP contribution in [0.15, 0.2) is 46.9 Å². The molecule has 0 radical (unpaired) electrons. The predicted octanol–water partition coefficient (Wildman–Crippen LogP) is 5.13. The van der Waals surface area contributed by atoms with E-state index in [2.05, 4.69) is 5.32 Å². The summed E-state index contributed by atoms with van der Waals surface area (Å²) in [6.45, 7) is 1.64. The highest BCUT2D eigenvalue weighted by Crippen LogP contribution is 2.30. The van der Waals surface area contributed by atoms with Crippen LogP contribution >= 0.6 is 23.4 Å². The van der Waals surface area contributed by atoms with E-state index in [0.29, 0.717) is 33.4 Å². The fraction of sp³-hybridized carbons (Fsp3) is 0.111. The molecule has 9 heteroatoms. The van der Waals surface area contributed by atoms with Gasteiger partial charge in [0.15, 0.2) is 17.5 Å². The summed E-state index contributed by atoms with van der Waals surface area (Å²) < 4.78 is 39.5. The van der Waals surface area contributed by atoms with Gasteiger partial charge in [-0.2, -0.15) is 0 Å². The highest BCUT2D eigenvalue weighted by molar-refractivity contribution is 7.99. The first-order chi connectivity index (χ1) is 12.7. The number of carbonyl (C=O) groups is 2. The summed E-state index contributed by atoms with van der Waals surface area (Å²) in [5, 5.41) is 11.3. The van der Waals surface area contributed by atoms with Crippen molar-refractivity contribution in [2.45, 2.75) is 11.8 Å². The van der Waals surface area contributed by atoms with Crippen LogP contribution in [0.1, 0.15) is 17.3 Å². The Hall–Kier alpha value is -2.45. The van der Waals surface area contributed by atoms with Gasteiger partial charge >= 0.3 is 5.97 Å². The first kappa shape index (κ1) is 20.9. The second kappa shape index (κ2) is 8.96. The highest BCUT2D eigenvalue weighted by atomic mass is 35.5. The Bertz CT molecular complexity index is 911. The van der Waals surface area contributed by atoms with Gasteiger partial charge in [0.2, 0.25) is 0 Å². The van der Waals surface area contributed by atoms with Crippen molar-refractivity contribution in [3.63, 3.8) is 0 Å². The number of thioether (sulfide) groups is 1. The molecule has 1 amide bonds. The third-order valence-corrected chi connectivity index (χ3v) is 4.95. The standard InChI is InChI=1S/C18H13ClF3NO3S/c1-9(4-16(24)25)8-27-15-5-10(2-3-12(15)19)18(26)23-11-6-13(20)17(22)14(21)7-11/h2-7H,8H2,1H3,(H,23,26)(H,24,25)/b9-4-. The molecule has 0 saturated carbocycles. The lowest BCUT2D eigenvalue weighted by molar-refractivity contribution is -0.131. The Morgan fingerprint density at radius 2 is 1.81 bits per heavy atom. The molecular weight excluding hydrogens is 403 g/mol. The Morgan fingerprint density at radius 3 is 2.41 bits per heavy atom. The first-order valence-electron chi connectivity index (χ1n) is 7.45. The summed E-state index contributed by atoms with van der Waals surface area (Å²) in [6.07, 6.45) is 1.06. The number of anilines is 1. The number of nitrogens with one attached hydrogen (secondary N) is 1. The lowest BCUT2D eigenvalue weighted by atomic mass is 10.2. The summed E-state index contributed by atoms with van der Waals surface area (Å²) in [7, 11) is 0. The molecule has 0 fully saturated rings. The van der Waals surface area contributed by atoms with Crippen molar-refractivity contribution in [1.82, 2.24) is 0 Å². The fourth-order valence-corrected chi connectivity index (χ4v) is 3.19. The van der Waals surface area contributed by atoms with Crippen LogP contribution in [0.4, 0.5) is 18.9 Å². The largest absolute Gasteiger partial charge is 0.478 e. The Morgan fingerprint density at radius 1 is 1.19 bits per heavy atom. The van der Waals surface area contributed by atoms with Crippen molar-refractivity contribution in [2.75, 3.05) is 11.1 Å². The molecule has 0 saturated heterocycles. The van der Waals surface area contributed by atoms with Gasteiger partial charge in [-0.3, -0.25) is 4.79 Å². The minimum absolute atomic E-state index is 0.159. The van der Waals surface area contributed by atoms with Crippen LogP contribution in [0.3, 0.4) is 0 Å². The Kier molecular flexibility index (Phi) is 6.92. The summed E-state index contributed by atoms with van der Waals surface area (Å²) in [5.41, 5.74) is 0.517. The summed E-state index contributed by atoms with van der Waals surface area (Å²) in [4.78, 5) is 23.4. The van der Waals surface area contributed by atoms with Gasteiger partial charge in [-0.05, 0) is 25.1 Å². The van der Waals surface area contributed by atoms with Gasteiger partial charge in [-0.15, -0.1) is 11.8 Å². The van der Waals surface area contributed by atoms with E-state index >= 15 is 0 Å². The van der Waals surface area contributed by atoms with E-state index in [1.54, 1.807) is 6.92 Å². The molecule has 2 aromatic rings. The Labute approximate surface area is 162 Å². The number of rotatable bonds is 6. The van der Waals surface area contributed by atoms with Gasteiger partial charge in [0.05, 0.1) is 5.02 Å². The van der Waals surface area contributed by atoms with Gasteiger partial charge in [-0.1, -0.05) is 17.2 Å². The Balaban J connectivity index is 2.16. The maximum absolute atomic E-state index is 13.2. The third kappa shape index (κ3) is 5.77. The van der Waals surface area contributed by atoms with Crippen LogP contribution in [0.5, 0.6) is 0 Å². The number of carboxylic acids is 1. The first-order valence-corrected chi connectivity index (χ1v) is 8.82. The zero-order chi connectivity index (χ0) is 20.1. The maximum atomic E-state index is 13.2. The molecule has 0 atom stereocenters. The quantitative estimate of drug-likeness (QED) is 0.390. The van der Waals surface area contributed by atoms with E-state index in [4.69, 9.17) is 16.7 Å². The number of benzene rings is 2. The van der Waals surface area contributed by atoms with Crippen LogP contribution in [-0.2, 0) is 4.79 Å². The van der Waals surface area contributed by atoms with Gasteiger partial charge in [0.25, 0.3) is 5.91 Å². The van der Waals surface area contributed by atoms with E-state index in [-0.39, 0.29) is 11.3 Å². The van der Waals surface area contributed by atoms with Gasteiger partial charge < -0.3 is 10.4 Å². The van der Waals surface area contributed by atoms with Crippen LogP contribution in [0, 0.1) is 17.5 Å². The number of hydrogen-bond acceptors (Lipinski definition) is 3. The molecule has 0 aliphatic carbocycles. The topological polar surface area (TPSA) is 66.4 Å². The molecule has 0 unspecified atom stereocenters. The van der Waals surface area contributed by atoms with E-state index in [1.807, 2.05) is 0 Å². The van der Waals surface area contributed by atoms with E-state index < -0.39 is 29.3 Å². The second-order valence-electron chi connectivity index (χ2n) is 5.47. The number of halogens is 4. The van der Waals surface area contributed by atoms with Gasteiger partial charge in [-0.25, -0.2) is 18.0 Å². The molecule has 142 valence electrons. The molecule has 0 aliphatic rings. The number of amides is 1. The number of aliphatic carboxylic acids is 1. The van der Waals surface area contributed by atoms with Crippen molar-refractivity contribution >= 4 is 40.9 Å². The lowest BCUT2D eigenvalue weighted by Gasteiger charge is -2.09. The SMILES string of the molecule is C/C(=C/C(=O)O)CSc1cc(C(=O)Nc2cc(F)c(F)c(F)c2)ccc1Cl. The minimum Gasteiger partial charge on any atom is -0.478 e. The molecule has 0 bridgehead atoms. The number of hydrogen-bond donors (Lipinski definition) is 2. The minimum atomic E-state index is -1.62. The van der Waals surface area contributed by atoms with E-state index in [0.717, 1.165) is 6.08 Å². The predicted molar refractivity (Wildman–Crippen MR) is 97.8 cm³/mol. The summed E-state index contributed by atoms with van der Waals surface area (Å²) in [5.74, 6) is -5.85. The molecule has 2 N–H and O–H groups in total. The average molecular weight is 416 g/mol. The van der Waals surface area contributed by atoms with Crippen LogP contribution in [-0.4, -0.2) is 22.7 Å². The zero-order valence-corrected chi connectivity index (χ0v) is 15.4. The highest BCUT2D eigenvalue weighted by Gasteiger charge is 2.14. The second-order valence-corrected chi connectivity index (χ2v) is 6.90. The van der Waals surface area contributed by atoms with Crippen molar-refractivity contribution in [1.29, 1.82) is 0 Å². The summed E-state index contributed by atoms with van der Waals surface area (Å²) in [6, 6.07) is 5.69.